The Morgan fingerprint density at radius 1 is 1.26 bits per heavy atom. The van der Waals surface area contributed by atoms with Gasteiger partial charge in [-0.1, -0.05) is 30.3 Å². The summed E-state index contributed by atoms with van der Waals surface area (Å²) in [6.45, 7) is 4.33. The molecule has 0 bridgehead atoms. The quantitative estimate of drug-likeness (QED) is 0.885. The van der Waals surface area contributed by atoms with Crippen LogP contribution in [0.2, 0.25) is 0 Å². The monoisotopic (exact) mass is 311 g/mol. The summed E-state index contributed by atoms with van der Waals surface area (Å²) in [5.41, 5.74) is 2.68. The zero-order chi connectivity index (χ0) is 16.1. The van der Waals surface area contributed by atoms with Gasteiger partial charge in [-0.15, -0.1) is 0 Å². The smallest absolute Gasteiger partial charge is 0.275 e. The van der Waals surface area contributed by atoms with Crippen molar-refractivity contribution >= 4 is 11.5 Å². The molecular weight excluding hydrogens is 288 g/mol. The fourth-order valence-corrected chi connectivity index (χ4v) is 2.99. The highest BCUT2D eigenvalue weighted by Crippen LogP contribution is 2.17. The molecule has 2 heterocycles. The van der Waals surface area contributed by atoms with Gasteiger partial charge in [-0.2, -0.15) is 0 Å². The lowest BCUT2D eigenvalue weighted by molar-refractivity contribution is -0.886. The topological polar surface area (TPSA) is 46.7 Å². The van der Waals surface area contributed by atoms with Crippen molar-refractivity contribution in [3.8, 4) is 0 Å². The SMILES string of the molecule is C[C@H](NC(=O)C[NH+]1CC=C(c2ccccc2)CC1)c1ccco1. The predicted molar refractivity (Wildman–Crippen MR) is 89.9 cm³/mol. The Bertz CT molecular complexity index is 662. The van der Waals surface area contributed by atoms with Gasteiger partial charge in [-0.25, -0.2) is 0 Å². The number of hydrogen-bond acceptors (Lipinski definition) is 2. The summed E-state index contributed by atoms with van der Waals surface area (Å²) in [4.78, 5) is 13.5. The number of amides is 1. The van der Waals surface area contributed by atoms with Gasteiger partial charge < -0.3 is 14.6 Å². The lowest BCUT2D eigenvalue weighted by Gasteiger charge is -2.24. The zero-order valence-electron chi connectivity index (χ0n) is 13.4. The number of hydrogen-bond donors (Lipinski definition) is 2. The lowest BCUT2D eigenvalue weighted by Crippen LogP contribution is -3.13. The van der Waals surface area contributed by atoms with Gasteiger partial charge in [0.15, 0.2) is 6.54 Å². The van der Waals surface area contributed by atoms with E-state index >= 15 is 0 Å². The number of nitrogens with one attached hydrogen (secondary N) is 2. The van der Waals surface area contributed by atoms with Crippen molar-refractivity contribution in [2.75, 3.05) is 19.6 Å². The molecule has 3 rings (SSSR count). The van der Waals surface area contributed by atoms with Gasteiger partial charge in [0.25, 0.3) is 5.91 Å². The highest BCUT2D eigenvalue weighted by molar-refractivity contribution is 5.77. The molecule has 23 heavy (non-hydrogen) atoms. The van der Waals surface area contributed by atoms with Crippen molar-refractivity contribution in [2.24, 2.45) is 0 Å². The Hall–Kier alpha value is -2.33. The lowest BCUT2D eigenvalue weighted by atomic mass is 10.00. The first kappa shape index (κ1) is 15.6. The van der Waals surface area contributed by atoms with E-state index < -0.39 is 0 Å². The van der Waals surface area contributed by atoms with E-state index in [1.807, 2.05) is 25.1 Å². The van der Waals surface area contributed by atoms with Gasteiger partial charge in [-0.3, -0.25) is 4.79 Å². The number of carbonyl (C=O) groups excluding carboxylic acids is 1. The van der Waals surface area contributed by atoms with Crippen molar-refractivity contribution < 1.29 is 14.1 Å². The van der Waals surface area contributed by atoms with Crippen molar-refractivity contribution in [3.05, 3.63) is 66.1 Å². The van der Waals surface area contributed by atoms with E-state index in [0.717, 1.165) is 25.3 Å². The summed E-state index contributed by atoms with van der Waals surface area (Å²) < 4.78 is 5.32. The first-order valence-electron chi connectivity index (χ1n) is 8.13. The van der Waals surface area contributed by atoms with Crippen LogP contribution in [0.5, 0.6) is 0 Å². The maximum atomic E-state index is 12.2. The van der Waals surface area contributed by atoms with Crippen LogP contribution in [0.1, 0.15) is 30.7 Å². The normalized spacial score (nSPS) is 19.0. The molecule has 4 nitrogen and oxygen atoms in total. The van der Waals surface area contributed by atoms with Crippen molar-refractivity contribution in [3.63, 3.8) is 0 Å². The molecule has 1 aliphatic heterocycles. The molecule has 2 aromatic rings. The zero-order valence-corrected chi connectivity index (χ0v) is 13.4. The Labute approximate surface area is 136 Å². The highest BCUT2D eigenvalue weighted by Gasteiger charge is 2.20. The molecule has 0 saturated heterocycles. The van der Waals surface area contributed by atoms with Crippen LogP contribution in [0.3, 0.4) is 0 Å². The second kappa shape index (κ2) is 7.29. The van der Waals surface area contributed by atoms with Gasteiger partial charge >= 0.3 is 0 Å². The van der Waals surface area contributed by atoms with E-state index in [1.165, 1.54) is 16.0 Å². The van der Waals surface area contributed by atoms with Crippen LogP contribution in [0.25, 0.3) is 5.57 Å². The summed E-state index contributed by atoms with van der Waals surface area (Å²) in [6.07, 6.45) is 4.90. The average Bonchev–Trinajstić information content (AvgIpc) is 3.11. The van der Waals surface area contributed by atoms with Crippen LogP contribution in [0, 0.1) is 0 Å². The number of rotatable bonds is 5. The fourth-order valence-electron chi connectivity index (χ4n) is 2.99. The van der Waals surface area contributed by atoms with Crippen LogP contribution in [-0.4, -0.2) is 25.5 Å². The van der Waals surface area contributed by atoms with E-state index in [4.69, 9.17) is 4.42 Å². The third-order valence-electron chi connectivity index (χ3n) is 4.29. The Morgan fingerprint density at radius 3 is 2.74 bits per heavy atom. The summed E-state index contributed by atoms with van der Waals surface area (Å²) in [6, 6.07) is 14.1. The minimum absolute atomic E-state index is 0.0699. The third-order valence-corrected chi connectivity index (χ3v) is 4.29. The van der Waals surface area contributed by atoms with Crippen LogP contribution >= 0.6 is 0 Å². The number of quaternary nitrogens is 1. The number of benzene rings is 1. The summed E-state index contributed by atoms with van der Waals surface area (Å²) >= 11 is 0. The molecule has 2 atom stereocenters. The summed E-state index contributed by atoms with van der Waals surface area (Å²) in [7, 11) is 0. The molecule has 0 fully saturated rings. The van der Waals surface area contributed by atoms with Crippen molar-refractivity contribution in [2.45, 2.75) is 19.4 Å². The van der Waals surface area contributed by atoms with Crippen LogP contribution in [0.4, 0.5) is 0 Å². The second-order valence-corrected chi connectivity index (χ2v) is 6.03. The van der Waals surface area contributed by atoms with Crippen molar-refractivity contribution in [1.29, 1.82) is 0 Å². The molecule has 0 spiro atoms. The molecule has 1 aliphatic rings. The van der Waals surface area contributed by atoms with Gasteiger partial charge in [0, 0.05) is 6.42 Å². The summed E-state index contributed by atoms with van der Waals surface area (Å²) in [5, 5.41) is 3.00. The second-order valence-electron chi connectivity index (χ2n) is 6.03. The molecule has 1 aromatic carbocycles. The van der Waals surface area contributed by atoms with E-state index in [2.05, 4.69) is 35.7 Å². The number of carbonyl (C=O) groups is 1. The predicted octanol–water partition coefficient (Wildman–Crippen LogP) is 1.83. The molecular formula is C19H23N2O2+. The van der Waals surface area contributed by atoms with Crippen LogP contribution in [0.15, 0.2) is 59.2 Å². The first-order chi connectivity index (χ1) is 11.2. The minimum Gasteiger partial charge on any atom is -0.467 e. The Morgan fingerprint density at radius 2 is 2.09 bits per heavy atom. The maximum Gasteiger partial charge on any atom is 0.275 e. The van der Waals surface area contributed by atoms with E-state index in [-0.39, 0.29) is 11.9 Å². The van der Waals surface area contributed by atoms with Gasteiger partial charge in [0.05, 0.1) is 25.4 Å². The molecule has 0 radical (unpaired) electrons. The summed E-state index contributed by atoms with van der Waals surface area (Å²) in [5.74, 6) is 0.860. The molecule has 4 heteroatoms. The molecule has 1 aromatic heterocycles. The molecule has 0 saturated carbocycles. The first-order valence-corrected chi connectivity index (χ1v) is 8.13. The van der Waals surface area contributed by atoms with Crippen molar-refractivity contribution in [1.82, 2.24) is 5.32 Å². The highest BCUT2D eigenvalue weighted by atomic mass is 16.3. The average molecular weight is 311 g/mol. The van der Waals surface area contributed by atoms with Crippen LogP contribution < -0.4 is 10.2 Å². The Balaban J connectivity index is 1.50. The van der Waals surface area contributed by atoms with Gasteiger partial charge in [0.1, 0.15) is 5.76 Å². The van der Waals surface area contributed by atoms with Gasteiger partial charge in [-0.05, 0) is 36.3 Å². The molecule has 2 N–H and O–H groups in total. The maximum absolute atomic E-state index is 12.2. The van der Waals surface area contributed by atoms with E-state index in [1.54, 1.807) is 6.26 Å². The Kier molecular flexibility index (Phi) is 4.93. The number of furan rings is 1. The fraction of sp³-hybridized carbons (Fsp3) is 0.316. The molecule has 1 amide bonds. The third kappa shape index (κ3) is 4.11. The minimum atomic E-state index is -0.0860. The standard InChI is InChI=1S/C19H22N2O2/c1-15(18-8-5-13-23-18)20-19(22)14-21-11-9-17(10-12-21)16-6-3-2-4-7-16/h2-9,13,15H,10-12,14H2,1H3,(H,20,22)/p+1/t15-/m0/s1. The molecule has 1 unspecified atom stereocenters. The van der Waals surface area contributed by atoms with Gasteiger partial charge in [0.2, 0.25) is 0 Å². The van der Waals surface area contributed by atoms with Crippen LogP contribution in [-0.2, 0) is 4.79 Å². The molecule has 0 aliphatic carbocycles. The van der Waals surface area contributed by atoms with E-state index in [9.17, 15) is 4.79 Å². The van der Waals surface area contributed by atoms with E-state index in [0.29, 0.717) is 6.54 Å². The largest absolute Gasteiger partial charge is 0.467 e. The molecule has 120 valence electrons.